The molecule has 0 aliphatic heterocycles. The molecule has 0 saturated carbocycles. The Morgan fingerprint density at radius 2 is 2.60 bits per heavy atom. The van der Waals surface area contributed by atoms with Gasteiger partial charge in [-0.05, 0) is 0 Å². The van der Waals surface area contributed by atoms with E-state index in [0.29, 0.717) is 0 Å². The van der Waals surface area contributed by atoms with Crippen molar-refractivity contribution in [2.75, 3.05) is 7.05 Å². The molecule has 0 spiro atoms. The molecule has 0 unspecified atom stereocenters. The molecule has 0 N–H and O–H groups in total. The Morgan fingerprint density at radius 1 is 2.00 bits per heavy atom. The largest absolute Gasteiger partial charge is 0.560 e. The van der Waals surface area contributed by atoms with Crippen LogP contribution in [0.25, 0.3) is 0 Å². The standard InChI is InChI=1S/C2H6BNO/c1-4-2-5-3/h2H,3H2,1H3. The van der Waals surface area contributed by atoms with Crippen LogP contribution < -0.4 is 0 Å². The van der Waals surface area contributed by atoms with Gasteiger partial charge in [0.2, 0.25) is 0 Å². The van der Waals surface area contributed by atoms with E-state index in [1.807, 2.05) is 0 Å². The van der Waals surface area contributed by atoms with Gasteiger partial charge in [0.15, 0.2) is 0 Å². The van der Waals surface area contributed by atoms with Crippen molar-refractivity contribution in [1.82, 2.24) is 0 Å². The molecule has 2 nitrogen and oxygen atoms in total. The Labute approximate surface area is 32.3 Å². The molecule has 0 aliphatic rings. The van der Waals surface area contributed by atoms with Crippen molar-refractivity contribution in [3.05, 3.63) is 0 Å². The summed E-state index contributed by atoms with van der Waals surface area (Å²) in [6, 6.07) is 0. The zero-order chi connectivity index (χ0) is 4.12. The second-order valence-corrected chi connectivity index (χ2v) is 0.599. The summed E-state index contributed by atoms with van der Waals surface area (Å²) >= 11 is 0. The molecular formula is C2H6BNO. The Balaban J connectivity index is 2.62. The Morgan fingerprint density at radius 3 is 2.60 bits per heavy atom. The molecule has 0 saturated heterocycles. The van der Waals surface area contributed by atoms with Crippen LogP contribution in [0.4, 0.5) is 0 Å². The lowest BCUT2D eigenvalue weighted by molar-refractivity contribution is 0.639. The number of aliphatic imine (C=N–C) groups is 1. The number of nitrogens with zero attached hydrogens (tertiary/aromatic N) is 1. The van der Waals surface area contributed by atoms with Crippen molar-refractivity contribution in [2.24, 2.45) is 4.99 Å². The van der Waals surface area contributed by atoms with Gasteiger partial charge < -0.3 is 4.65 Å². The maximum atomic E-state index is 4.40. The average Bonchev–Trinajstić information content (AvgIpc) is 1.41. The van der Waals surface area contributed by atoms with Crippen molar-refractivity contribution in [2.45, 2.75) is 0 Å². The lowest BCUT2D eigenvalue weighted by Crippen LogP contribution is -1.74. The van der Waals surface area contributed by atoms with Crippen LogP contribution in [0.1, 0.15) is 0 Å². The van der Waals surface area contributed by atoms with E-state index >= 15 is 0 Å². The summed E-state index contributed by atoms with van der Waals surface area (Å²) in [6.45, 7) is 0. The molecule has 0 aromatic heterocycles. The number of hydrogen-bond acceptors (Lipinski definition) is 2. The van der Waals surface area contributed by atoms with Gasteiger partial charge >= 0.3 is 8.05 Å². The molecular weight excluding hydrogens is 64.8 g/mol. The normalized spacial score (nSPS) is 9.00. The smallest absolute Gasteiger partial charge is 0.323 e. The van der Waals surface area contributed by atoms with E-state index in [2.05, 4.69) is 9.65 Å². The van der Waals surface area contributed by atoms with Crippen molar-refractivity contribution in [3.63, 3.8) is 0 Å². The van der Waals surface area contributed by atoms with E-state index in [0.717, 1.165) is 0 Å². The summed E-state index contributed by atoms with van der Waals surface area (Å²) in [7, 11) is 3.22. The van der Waals surface area contributed by atoms with E-state index in [1.165, 1.54) is 6.40 Å². The number of hydrogen-bond donors (Lipinski definition) is 0. The minimum atomic E-state index is 1.38. The molecule has 28 valence electrons. The van der Waals surface area contributed by atoms with E-state index in [9.17, 15) is 0 Å². The third kappa shape index (κ3) is 3.53. The van der Waals surface area contributed by atoms with Gasteiger partial charge in [0, 0.05) is 7.05 Å². The van der Waals surface area contributed by atoms with Crippen LogP contribution >= 0.6 is 0 Å². The summed E-state index contributed by atoms with van der Waals surface area (Å²) in [5.41, 5.74) is 0. The highest BCUT2D eigenvalue weighted by atomic mass is 16.4. The minimum Gasteiger partial charge on any atom is -0.560 e. The predicted octanol–water partition coefficient (Wildman–Crippen LogP) is -0.791. The predicted molar refractivity (Wildman–Crippen MR) is 24.0 cm³/mol. The zero-order valence-corrected chi connectivity index (χ0v) is 3.43. The minimum absolute atomic E-state index is 1.38. The first-order valence-corrected chi connectivity index (χ1v) is 1.35. The maximum Gasteiger partial charge on any atom is 0.323 e. The highest BCUT2D eigenvalue weighted by molar-refractivity contribution is 6.02. The highest BCUT2D eigenvalue weighted by Gasteiger charge is 1.48. The van der Waals surface area contributed by atoms with Crippen molar-refractivity contribution < 1.29 is 4.65 Å². The summed E-state index contributed by atoms with van der Waals surface area (Å²) < 4.78 is 4.40. The van der Waals surface area contributed by atoms with E-state index < -0.39 is 0 Å². The Kier molecular flexibility index (Phi) is 3.21. The lowest BCUT2D eigenvalue weighted by Gasteiger charge is -1.76. The van der Waals surface area contributed by atoms with Crippen LogP contribution in [0.15, 0.2) is 4.99 Å². The summed E-state index contributed by atoms with van der Waals surface area (Å²) in [5.74, 6) is 0. The van der Waals surface area contributed by atoms with Gasteiger partial charge in [-0.2, -0.15) is 0 Å². The molecule has 0 radical (unpaired) electrons. The number of rotatable bonds is 1. The molecule has 3 heteroatoms. The summed E-state index contributed by atoms with van der Waals surface area (Å²) in [5, 5.41) is 0. The fourth-order valence-corrected chi connectivity index (χ4v) is 0.105. The molecule has 0 bridgehead atoms. The van der Waals surface area contributed by atoms with Crippen LogP contribution in [0.2, 0.25) is 0 Å². The van der Waals surface area contributed by atoms with Crippen molar-refractivity contribution >= 4 is 14.4 Å². The van der Waals surface area contributed by atoms with Crippen molar-refractivity contribution in [1.29, 1.82) is 0 Å². The second kappa shape index (κ2) is 3.53. The Hall–Kier alpha value is -0.465. The van der Waals surface area contributed by atoms with Crippen LogP contribution in [-0.4, -0.2) is 21.5 Å². The molecule has 5 heavy (non-hydrogen) atoms. The van der Waals surface area contributed by atoms with E-state index in [1.54, 1.807) is 15.1 Å². The van der Waals surface area contributed by atoms with Gasteiger partial charge in [-0.15, -0.1) is 0 Å². The zero-order valence-electron chi connectivity index (χ0n) is 3.43. The molecule has 0 aromatic carbocycles. The summed E-state index contributed by atoms with van der Waals surface area (Å²) in [4.78, 5) is 3.51. The maximum absolute atomic E-state index is 4.40. The molecule has 0 rings (SSSR count). The molecule has 0 aromatic rings. The monoisotopic (exact) mass is 71.1 g/mol. The fourth-order valence-electron chi connectivity index (χ4n) is 0.105. The third-order valence-corrected chi connectivity index (χ3v) is 0.211. The van der Waals surface area contributed by atoms with Gasteiger partial charge in [0.1, 0.15) is 6.40 Å². The van der Waals surface area contributed by atoms with Crippen LogP contribution in [0.3, 0.4) is 0 Å². The quantitative estimate of drug-likeness (QED) is 0.225. The van der Waals surface area contributed by atoms with E-state index in [4.69, 9.17) is 0 Å². The van der Waals surface area contributed by atoms with E-state index in [-0.39, 0.29) is 0 Å². The molecule has 0 heterocycles. The first kappa shape index (κ1) is 4.53. The van der Waals surface area contributed by atoms with Gasteiger partial charge in [-0.25, -0.2) is 0 Å². The van der Waals surface area contributed by atoms with Crippen molar-refractivity contribution in [3.8, 4) is 0 Å². The third-order valence-electron chi connectivity index (χ3n) is 0.211. The van der Waals surface area contributed by atoms with Crippen LogP contribution in [0, 0.1) is 0 Å². The lowest BCUT2D eigenvalue weighted by atomic mass is 10.6. The Bertz CT molecular complexity index is 36.6. The summed E-state index contributed by atoms with van der Waals surface area (Å²) in [6.07, 6.45) is 1.38. The van der Waals surface area contributed by atoms with Crippen LogP contribution in [-0.2, 0) is 4.65 Å². The van der Waals surface area contributed by atoms with Gasteiger partial charge in [0.05, 0.1) is 0 Å². The van der Waals surface area contributed by atoms with Gasteiger partial charge in [-0.3, -0.25) is 4.99 Å². The molecule has 0 aliphatic carbocycles. The van der Waals surface area contributed by atoms with Gasteiger partial charge in [0.25, 0.3) is 0 Å². The van der Waals surface area contributed by atoms with Crippen LogP contribution in [0.5, 0.6) is 0 Å². The van der Waals surface area contributed by atoms with Gasteiger partial charge in [-0.1, -0.05) is 0 Å². The average molecular weight is 70.9 g/mol. The second-order valence-electron chi connectivity index (χ2n) is 0.599. The molecule has 0 fully saturated rings. The molecule has 0 atom stereocenters. The fraction of sp³-hybridized carbons (Fsp3) is 0.500. The first-order valence-electron chi connectivity index (χ1n) is 1.35. The molecule has 0 amide bonds. The SMILES string of the molecule is BOC=NC. The first-order chi connectivity index (χ1) is 2.41. The topological polar surface area (TPSA) is 21.6 Å². The highest BCUT2D eigenvalue weighted by Crippen LogP contribution is 1.47.